The van der Waals surface area contributed by atoms with Gasteiger partial charge in [0.05, 0.1) is 5.25 Å². The van der Waals surface area contributed by atoms with Gasteiger partial charge in [-0.05, 0) is 70.2 Å². The van der Waals surface area contributed by atoms with Crippen molar-refractivity contribution in [3.05, 3.63) is 19.3 Å². The lowest BCUT2D eigenvalue weighted by molar-refractivity contribution is 0.429. The third-order valence-electron chi connectivity index (χ3n) is 3.40. The summed E-state index contributed by atoms with van der Waals surface area (Å²) in [4.78, 5) is -0.240. The fraction of sp³-hybridized carbons (Fsp3) is 0.500. The lowest BCUT2D eigenvalue weighted by Crippen LogP contribution is -2.28. The van der Waals surface area contributed by atoms with Crippen LogP contribution in [0.3, 0.4) is 0 Å². The van der Waals surface area contributed by atoms with Crippen LogP contribution in [0.4, 0.5) is 0 Å². The Bertz CT molecular complexity index is 744. The summed E-state index contributed by atoms with van der Waals surface area (Å²) in [6.45, 7) is 0. The highest BCUT2D eigenvalue weighted by Gasteiger charge is 2.30. The highest BCUT2D eigenvalue weighted by molar-refractivity contribution is 14.1. The first kappa shape index (κ1) is 18.7. The Balaban J connectivity index is 2.31. The summed E-state index contributed by atoms with van der Waals surface area (Å²) < 4.78 is 61.9. The predicted molar refractivity (Wildman–Crippen MR) is 98.1 cm³/mol. The summed E-state index contributed by atoms with van der Waals surface area (Å²) in [6, 6.07) is 2.60. The molecule has 10 heteroatoms. The molecule has 1 aliphatic carbocycles. The highest BCUT2D eigenvalue weighted by Crippen LogP contribution is 2.31. The van der Waals surface area contributed by atoms with Crippen LogP contribution in [0, 0.1) is 7.14 Å². The van der Waals surface area contributed by atoms with E-state index in [1.165, 1.54) is 12.1 Å². The number of halogens is 2. The molecule has 22 heavy (non-hydrogen) atoms. The minimum atomic E-state index is -4.37. The number of hydrogen-bond acceptors (Lipinski definition) is 5. The monoisotopic (exact) mass is 572 g/mol. The first-order valence-corrected chi connectivity index (χ1v) is 11.6. The van der Waals surface area contributed by atoms with Gasteiger partial charge in [0.15, 0.2) is 0 Å². The maximum atomic E-state index is 12.3. The summed E-state index contributed by atoms with van der Waals surface area (Å²) in [5, 5.41) is -0.516. The molecule has 0 amide bonds. The molecule has 0 bridgehead atoms. The minimum absolute atomic E-state index is 0.0618. The molecular weight excluding hydrogens is 558 g/mol. The Morgan fingerprint density at radius 3 is 1.95 bits per heavy atom. The van der Waals surface area contributed by atoms with Gasteiger partial charge in [0, 0.05) is 7.14 Å². The molecule has 0 radical (unpaired) electrons. The molecule has 1 fully saturated rings. The molecule has 0 atom stereocenters. The third kappa shape index (κ3) is 4.45. The normalized spacial score (nSPS) is 17.4. The molecule has 0 spiro atoms. The van der Waals surface area contributed by atoms with Crippen molar-refractivity contribution in [2.75, 3.05) is 0 Å². The molecule has 1 saturated carbocycles. The summed E-state index contributed by atoms with van der Waals surface area (Å²) in [7, 11) is -8.10. The maximum Gasteiger partial charge on any atom is 0.312 e. The van der Waals surface area contributed by atoms with E-state index < -0.39 is 25.5 Å². The molecule has 1 aromatic carbocycles. The molecule has 0 aromatic heterocycles. The SMILES string of the molecule is O=S(=O)(O)c1c(I)cc(OS(=O)(=O)C2CCCCC2)cc1I. The van der Waals surface area contributed by atoms with Crippen LogP contribution in [0.15, 0.2) is 17.0 Å². The standard InChI is InChI=1S/C12H14I2O6S2/c13-10-6-8(7-11(14)12(10)21(15,16)17)20-22(18,19)9-4-2-1-3-5-9/h6-7,9H,1-5H2,(H,15,16,17). The molecule has 0 saturated heterocycles. The lowest BCUT2D eigenvalue weighted by atomic mass is 10.0. The quantitative estimate of drug-likeness (QED) is 0.339. The van der Waals surface area contributed by atoms with Gasteiger partial charge in [-0.3, -0.25) is 4.55 Å². The van der Waals surface area contributed by atoms with Gasteiger partial charge in [-0.1, -0.05) is 19.3 Å². The zero-order valence-electron chi connectivity index (χ0n) is 11.3. The molecule has 0 unspecified atom stereocenters. The van der Waals surface area contributed by atoms with Crippen molar-refractivity contribution in [1.29, 1.82) is 0 Å². The molecule has 1 aliphatic rings. The third-order valence-corrected chi connectivity index (χ3v) is 8.50. The predicted octanol–water partition coefficient (Wildman–Crippen LogP) is 3.18. The zero-order valence-corrected chi connectivity index (χ0v) is 17.3. The molecule has 6 nitrogen and oxygen atoms in total. The van der Waals surface area contributed by atoms with E-state index in [4.69, 9.17) is 4.18 Å². The summed E-state index contributed by atoms with van der Waals surface area (Å²) in [6.07, 6.45) is 3.93. The van der Waals surface area contributed by atoms with Crippen LogP contribution in [0.2, 0.25) is 0 Å². The van der Waals surface area contributed by atoms with Gasteiger partial charge in [0.25, 0.3) is 10.1 Å². The lowest BCUT2D eigenvalue weighted by Gasteiger charge is -2.21. The molecule has 0 aliphatic heterocycles. The fourth-order valence-corrected chi connectivity index (χ4v) is 7.79. The fourth-order valence-electron chi connectivity index (χ4n) is 2.39. The average Bonchev–Trinajstić information content (AvgIpc) is 2.36. The van der Waals surface area contributed by atoms with Crippen molar-refractivity contribution in [2.24, 2.45) is 0 Å². The first-order valence-electron chi connectivity index (χ1n) is 6.51. The molecule has 124 valence electrons. The Kier molecular flexibility index (Phi) is 6.00. The molecule has 1 aromatic rings. The summed E-state index contributed by atoms with van der Waals surface area (Å²) in [5.74, 6) is 0.0618. The van der Waals surface area contributed by atoms with E-state index in [0.717, 1.165) is 19.3 Å². The average molecular weight is 572 g/mol. The van der Waals surface area contributed by atoms with Crippen LogP contribution in [0.25, 0.3) is 0 Å². The Morgan fingerprint density at radius 2 is 1.50 bits per heavy atom. The summed E-state index contributed by atoms with van der Waals surface area (Å²) in [5.41, 5.74) is 0. The van der Waals surface area contributed by atoms with Crippen molar-refractivity contribution in [3.8, 4) is 5.75 Å². The van der Waals surface area contributed by atoms with E-state index >= 15 is 0 Å². The second kappa shape index (κ2) is 7.07. The van der Waals surface area contributed by atoms with Crippen molar-refractivity contribution in [2.45, 2.75) is 42.2 Å². The smallest absolute Gasteiger partial charge is 0.312 e. The van der Waals surface area contributed by atoms with Gasteiger partial charge in [-0.2, -0.15) is 16.8 Å². The largest absolute Gasteiger partial charge is 0.382 e. The number of benzene rings is 1. The minimum Gasteiger partial charge on any atom is -0.382 e. The van der Waals surface area contributed by atoms with Crippen LogP contribution in [0.1, 0.15) is 32.1 Å². The summed E-state index contributed by atoms with van der Waals surface area (Å²) >= 11 is 3.45. The van der Waals surface area contributed by atoms with Crippen molar-refractivity contribution >= 4 is 65.4 Å². The van der Waals surface area contributed by atoms with E-state index in [9.17, 15) is 21.4 Å². The van der Waals surface area contributed by atoms with Crippen LogP contribution < -0.4 is 4.18 Å². The van der Waals surface area contributed by atoms with Gasteiger partial charge in [-0.25, -0.2) is 0 Å². The van der Waals surface area contributed by atoms with Crippen LogP contribution in [0.5, 0.6) is 5.75 Å². The Labute approximate surface area is 157 Å². The van der Waals surface area contributed by atoms with Crippen LogP contribution in [-0.4, -0.2) is 26.6 Å². The Morgan fingerprint density at radius 1 is 1.00 bits per heavy atom. The second-order valence-corrected chi connectivity index (χ2v) is 10.5. The van der Waals surface area contributed by atoms with E-state index in [0.29, 0.717) is 12.8 Å². The molecular formula is C12H14I2O6S2. The van der Waals surface area contributed by atoms with Gasteiger partial charge >= 0.3 is 10.1 Å². The van der Waals surface area contributed by atoms with Gasteiger partial charge in [0.2, 0.25) is 0 Å². The van der Waals surface area contributed by atoms with E-state index in [-0.39, 0.29) is 17.8 Å². The highest BCUT2D eigenvalue weighted by atomic mass is 127. The van der Waals surface area contributed by atoms with Crippen molar-refractivity contribution in [3.63, 3.8) is 0 Å². The van der Waals surface area contributed by atoms with Crippen molar-refractivity contribution < 1.29 is 25.6 Å². The molecule has 1 N–H and O–H groups in total. The van der Waals surface area contributed by atoms with Gasteiger partial charge in [-0.15, -0.1) is 0 Å². The topological polar surface area (TPSA) is 97.7 Å². The number of hydrogen-bond donors (Lipinski definition) is 1. The first-order chi connectivity index (χ1) is 10.1. The van der Waals surface area contributed by atoms with E-state index in [2.05, 4.69) is 0 Å². The molecule has 2 rings (SSSR count). The number of rotatable bonds is 4. The van der Waals surface area contributed by atoms with Gasteiger partial charge < -0.3 is 4.18 Å². The molecule has 0 heterocycles. The Hall–Kier alpha value is 0.340. The second-order valence-electron chi connectivity index (χ2n) is 5.03. The van der Waals surface area contributed by atoms with E-state index in [1.54, 1.807) is 45.2 Å². The zero-order chi connectivity index (χ0) is 16.5. The van der Waals surface area contributed by atoms with Gasteiger partial charge in [0.1, 0.15) is 10.6 Å². The van der Waals surface area contributed by atoms with E-state index in [1.807, 2.05) is 0 Å². The van der Waals surface area contributed by atoms with Crippen LogP contribution in [-0.2, 0) is 20.2 Å². The maximum absolute atomic E-state index is 12.3. The van der Waals surface area contributed by atoms with Crippen molar-refractivity contribution in [1.82, 2.24) is 0 Å². The van der Waals surface area contributed by atoms with Crippen LogP contribution >= 0.6 is 45.2 Å².